The van der Waals surface area contributed by atoms with E-state index in [2.05, 4.69) is 50.8 Å². The van der Waals surface area contributed by atoms with Crippen molar-refractivity contribution in [1.82, 2.24) is 4.57 Å². The quantitative estimate of drug-likeness (QED) is 0.419. The second-order valence-corrected chi connectivity index (χ2v) is 5.98. The van der Waals surface area contributed by atoms with E-state index in [0.717, 1.165) is 20.8 Å². The summed E-state index contributed by atoms with van der Waals surface area (Å²) in [5.41, 5.74) is 0. The Kier molecular flexibility index (Phi) is 10.7. The zero-order chi connectivity index (χ0) is 15.4. The minimum absolute atomic E-state index is 1.04. The highest BCUT2D eigenvalue weighted by Gasteiger charge is 2.00. The van der Waals surface area contributed by atoms with Crippen LogP contribution in [0.2, 0.25) is 0 Å². The zero-order valence-corrected chi connectivity index (χ0v) is 13.8. The Morgan fingerprint density at radius 3 is 2.25 bits per heavy atom. The van der Waals surface area contributed by atoms with Crippen LogP contribution in [0.4, 0.5) is 0 Å². The maximum absolute atomic E-state index is 9.95. The lowest BCUT2D eigenvalue weighted by atomic mass is 10.2. The molecule has 0 saturated heterocycles. The van der Waals surface area contributed by atoms with Gasteiger partial charge in [-0.2, -0.15) is 0 Å². The van der Waals surface area contributed by atoms with Gasteiger partial charge in [0.1, 0.15) is 12.4 Å². The number of hydrogen-bond donors (Lipinski definition) is 0. The lowest BCUT2D eigenvalue weighted by molar-refractivity contribution is -0.696. The van der Waals surface area contributed by atoms with Crippen molar-refractivity contribution in [2.24, 2.45) is 0 Å². The van der Waals surface area contributed by atoms with Crippen molar-refractivity contribution in [3.8, 4) is 0 Å². The molecule has 1 rings (SSSR count). The third-order valence-corrected chi connectivity index (χ3v) is 3.72. The monoisotopic (exact) mass is 306 g/mol. The van der Waals surface area contributed by atoms with Gasteiger partial charge in [-0.1, -0.05) is 19.8 Å². The summed E-state index contributed by atoms with van der Waals surface area (Å²) in [5, 5.41) is 0. The molecule has 20 heavy (non-hydrogen) atoms. The fourth-order valence-corrected chi connectivity index (χ4v) is 1.70. The Hall–Kier alpha value is -0.680. The maximum Gasteiger partial charge on any atom is 0.267 e. The minimum Gasteiger partial charge on any atom is -0.756 e. The van der Waals surface area contributed by atoms with E-state index in [4.69, 9.17) is 0 Å². The summed E-state index contributed by atoms with van der Waals surface area (Å²) in [6, 6.07) is 0. The number of rotatable bonds is 8. The van der Waals surface area contributed by atoms with E-state index in [-0.39, 0.29) is 0 Å². The molecule has 6 nitrogen and oxygen atoms in total. The van der Waals surface area contributed by atoms with Crippen LogP contribution < -0.4 is 9.46 Å². The summed E-state index contributed by atoms with van der Waals surface area (Å²) in [6.45, 7) is 6.66. The Morgan fingerprint density at radius 2 is 1.85 bits per heavy atom. The van der Waals surface area contributed by atoms with Crippen molar-refractivity contribution in [2.45, 2.75) is 52.6 Å². The first-order chi connectivity index (χ1) is 9.49. The summed E-state index contributed by atoms with van der Waals surface area (Å²) in [6.07, 6.45) is 11.9. The van der Waals surface area contributed by atoms with Gasteiger partial charge in [-0.05, 0) is 19.8 Å². The summed E-state index contributed by atoms with van der Waals surface area (Å²) < 4.78 is 22.2. The molecular weight excluding hydrogens is 279 g/mol. The molecule has 7 heteroatoms. The van der Waals surface area contributed by atoms with Gasteiger partial charge in [-0.25, -0.2) is 9.13 Å². The molecule has 118 valence electrons. The van der Waals surface area contributed by atoms with E-state index in [0.29, 0.717) is 0 Å². The molecule has 1 heterocycles. The molecule has 0 aliphatic carbocycles. The van der Waals surface area contributed by atoms with E-state index in [9.17, 15) is 9.46 Å². The summed E-state index contributed by atoms with van der Waals surface area (Å²) in [5.74, 6) is 0. The van der Waals surface area contributed by atoms with Crippen molar-refractivity contribution >= 4 is 7.82 Å². The number of phosphoric acid groups is 1. The van der Waals surface area contributed by atoms with Gasteiger partial charge < -0.3 is 13.9 Å². The maximum atomic E-state index is 9.95. The molecule has 0 saturated carbocycles. The standard InChI is InChI=1S/C11H21N2.C2H7O4P/c1-3-5-6-7-8-13-10-9-12(4-2)11-13;1-5-7(3,4)6-2/h9-11H,3-8H2,1-2H3;1-2H3,(H,3,4)/q+1;/p-1. The van der Waals surface area contributed by atoms with E-state index < -0.39 is 7.82 Å². The highest BCUT2D eigenvalue weighted by molar-refractivity contribution is 7.45. The third kappa shape index (κ3) is 9.26. The number of hydrogen-bond acceptors (Lipinski definition) is 4. The third-order valence-electron chi connectivity index (χ3n) is 2.83. The molecule has 0 fully saturated rings. The van der Waals surface area contributed by atoms with E-state index in [1.54, 1.807) is 0 Å². The molecule has 1 aromatic rings. The number of aryl methyl sites for hydroxylation is 2. The molecule has 0 aromatic carbocycles. The van der Waals surface area contributed by atoms with Crippen LogP contribution in [0.5, 0.6) is 0 Å². The predicted octanol–water partition coefficient (Wildman–Crippen LogP) is 2.12. The number of imidazole rings is 1. The summed E-state index contributed by atoms with van der Waals surface area (Å²) in [4.78, 5) is 9.95. The first kappa shape index (κ1) is 19.3. The van der Waals surface area contributed by atoms with Crippen LogP contribution in [0.3, 0.4) is 0 Å². The molecule has 0 amide bonds. The lowest BCUT2D eigenvalue weighted by Crippen LogP contribution is -2.30. The van der Waals surface area contributed by atoms with Gasteiger partial charge in [-0.3, -0.25) is 4.57 Å². The van der Waals surface area contributed by atoms with Crippen molar-refractivity contribution < 1.29 is 23.1 Å². The first-order valence-electron chi connectivity index (χ1n) is 6.96. The molecule has 0 spiro atoms. The van der Waals surface area contributed by atoms with Crippen LogP contribution >= 0.6 is 7.82 Å². The summed E-state index contributed by atoms with van der Waals surface area (Å²) in [7, 11) is -1.83. The fraction of sp³-hybridized carbons (Fsp3) is 0.769. The average molecular weight is 306 g/mol. The highest BCUT2D eigenvalue weighted by atomic mass is 31.2. The van der Waals surface area contributed by atoms with Gasteiger partial charge in [0.15, 0.2) is 0 Å². The molecule has 0 unspecified atom stereocenters. The molecule has 0 aliphatic heterocycles. The van der Waals surface area contributed by atoms with Gasteiger partial charge in [0, 0.05) is 14.2 Å². The Bertz CT molecular complexity index is 387. The van der Waals surface area contributed by atoms with Crippen molar-refractivity contribution in [3.63, 3.8) is 0 Å². The van der Waals surface area contributed by atoms with Crippen LogP contribution in [0.1, 0.15) is 39.5 Å². The molecule has 0 bridgehead atoms. The lowest BCUT2D eigenvalue weighted by Gasteiger charge is -2.16. The molecular formula is C13H27N2O4P. The highest BCUT2D eigenvalue weighted by Crippen LogP contribution is 2.34. The Labute approximate surface area is 122 Å². The van der Waals surface area contributed by atoms with Crippen molar-refractivity contribution in [3.05, 3.63) is 18.7 Å². The van der Waals surface area contributed by atoms with Crippen LogP contribution in [-0.2, 0) is 26.7 Å². The van der Waals surface area contributed by atoms with E-state index in [1.165, 1.54) is 32.2 Å². The SMILES string of the molecule is CCCCCC[n+]1ccn(CC)c1.COP(=O)([O-])OC. The number of unbranched alkanes of at least 4 members (excludes halogenated alkanes) is 3. The second kappa shape index (κ2) is 11.0. The van der Waals surface area contributed by atoms with E-state index in [1.807, 2.05) is 0 Å². The Morgan fingerprint density at radius 1 is 1.20 bits per heavy atom. The average Bonchev–Trinajstić information content (AvgIpc) is 2.92. The van der Waals surface area contributed by atoms with Crippen LogP contribution in [0, 0.1) is 0 Å². The van der Waals surface area contributed by atoms with Gasteiger partial charge in [0.05, 0.1) is 13.1 Å². The molecule has 1 aromatic heterocycles. The van der Waals surface area contributed by atoms with Crippen LogP contribution in [0.25, 0.3) is 0 Å². The topological polar surface area (TPSA) is 67.4 Å². The summed E-state index contributed by atoms with van der Waals surface area (Å²) >= 11 is 0. The molecule has 0 aliphatic rings. The van der Waals surface area contributed by atoms with Crippen molar-refractivity contribution in [2.75, 3.05) is 14.2 Å². The second-order valence-electron chi connectivity index (χ2n) is 4.35. The number of phosphoric ester groups is 1. The smallest absolute Gasteiger partial charge is 0.267 e. The van der Waals surface area contributed by atoms with Crippen LogP contribution in [-0.4, -0.2) is 18.8 Å². The molecule has 0 atom stereocenters. The van der Waals surface area contributed by atoms with Gasteiger partial charge in [0.25, 0.3) is 7.82 Å². The fourth-order valence-electron chi connectivity index (χ4n) is 1.55. The van der Waals surface area contributed by atoms with Gasteiger partial charge >= 0.3 is 0 Å². The number of nitrogens with zero attached hydrogens (tertiary/aromatic N) is 2. The zero-order valence-electron chi connectivity index (χ0n) is 12.9. The van der Waals surface area contributed by atoms with E-state index >= 15 is 0 Å². The predicted molar refractivity (Wildman–Crippen MR) is 76.1 cm³/mol. The number of aromatic nitrogens is 2. The van der Waals surface area contributed by atoms with Crippen LogP contribution in [0.15, 0.2) is 18.7 Å². The minimum atomic E-state index is -3.90. The van der Waals surface area contributed by atoms with Crippen molar-refractivity contribution in [1.29, 1.82) is 0 Å². The molecule has 0 radical (unpaired) electrons. The largest absolute Gasteiger partial charge is 0.756 e. The Balaban J connectivity index is 0.000000441. The van der Waals surface area contributed by atoms with Gasteiger partial charge in [0.2, 0.25) is 6.33 Å². The van der Waals surface area contributed by atoms with Gasteiger partial charge in [-0.15, -0.1) is 0 Å². The molecule has 0 N–H and O–H groups in total. The normalized spacial score (nSPS) is 11.1. The first-order valence-corrected chi connectivity index (χ1v) is 8.42.